The van der Waals surface area contributed by atoms with E-state index in [0.29, 0.717) is 0 Å². The monoisotopic (exact) mass is 293 g/mol. The van der Waals surface area contributed by atoms with Crippen molar-refractivity contribution in [3.05, 3.63) is 40.4 Å². The fourth-order valence-corrected chi connectivity index (χ4v) is 2.51. The summed E-state index contributed by atoms with van der Waals surface area (Å²) in [5, 5.41) is 3.01. The molecule has 0 aliphatic heterocycles. The van der Waals surface area contributed by atoms with Crippen molar-refractivity contribution >= 4 is 27.5 Å². The van der Waals surface area contributed by atoms with Gasteiger partial charge in [0.15, 0.2) is 0 Å². The summed E-state index contributed by atoms with van der Waals surface area (Å²) < 4.78 is 1.04. The molecule has 0 fully saturated rings. The number of hydrogen-bond acceptors (Lipinski definition) is 1. The van der Waals surface area contributed by atoms with Gasteiger partial charge < -0.3 is 5.32 Å². The molecule has 1 unspecified atom stereocenters. The Kier molecular flexibility index (Phi) is 4.00. The summed E-state index contributed by atoms with van der Waals surface area (Å²) in [4.78, 5) is 12.0. The molecule has 0 saturated heterocycles. The smallest absolute Gasteiger partial charge is 0.227 e. The second-order valence-corrected chi connectivity index (χ2v) is 5.35. The fraction of sp³-hybridized carbons (Fsp3) is 0.357. The Balaban J connectivity index is 2.05. The van der Waals surface area contributed by atoms with E-state index in [1.54, 1.807) is 0 Å². The third kappa shape index (κ3) is 3.19. The van der Waals surface area contributed by atoms with Crippen LogP contribution in [0.1, 0.15) is 24.8 Å². The topological polar surface area (TPSA) is 29.1 Å². The van der Waals surface area contributed by atoms with Gasteiger partial charge in [-0.15, -0.1) is 0 Å². The zero-order chi connectivity index (χ0) is 12.3. The van der Waals surface area contributed by atoms with Crippen LogP contribution < -0.4 is 5.32 Å². The predicted octanol–water partition coefficient (Wildman–Crippen LogP) is 4.05. The second-order valence-electron chi connectivity index (χ2n) is 4.43. The number of carbonyl (C=O) groups is 1. The lowest BCUT2D eigenvalue weighted by atomic mass is 9.93. The van der Waals surface area contributed by atoms with Crippen molar-refractivity contribution in [3.8, 4) is 0 Å². The first-order valence-electron chi connectivity index (χ1n) is 5.89. The van der Waals surface area contributed by atoms with Crippen molar-refractivity contribution in [2.24, 2.45) is 5.92 Å². The Morgan fingerprint density at radius 3 is 2.88 bits per heavy atom. The van der Waals surface area contributed by atoms with Crippen LogP contribution in [0.25, 0.3) is 0 Å². The van der Waals surface area contributed by atoms with E-state index >= 15 is 0 Å². The van der Waals surface area contributed by atoms with E-state index < -0.39 is 0 Å². The molecule has 2 rings (SSSR count). The molecule has 90 valence electrons. The minimum atomic E-state index is 0.128. The molecule has 0 aromatic heterocycles. The summed E-state index contributed by atoms with van der Waals surface area (Å²) >= 11 is 3.42. The van der Waals surface area contributed by atoms with Gasteiger partial charge in [0.05, 0.1) is 0 Å². The van der Waals surface area contributed by atoms with Crippen LogP contribution in [0.4, 0.5) is 5.69 Å². The summed E-state index contributed by atoms with van der Waals surface area (Å²) in [5.41, 5.74) is 1.99. The van der Waals surface area contributed by atoms with E-state index in [0.717, 1.165) is 35.0 Å². The van der Waals surface area contributed by atoms with Gasteiger partial charge in [-0.3, -0.25) is 4.79 Å². The molecule has 1 aliphatic rings. The molecule has 1 amide bonds. The van der Waals surface area contributed by atoms with Gasteiger partial charge >= 0.3 is 0 Å². The number of anilines is 1. The first-order valence-corrected chi connectivity index (χ1v) is 6.68. The molecule has 1 aromatic rings. The molecule has 3 heteroatoms. The van der Waals surface area contributed by atoms with Crippen molar-refractivity contribution < 1.29 is 4.79 Å². The largest absolute Gasteiger partial charge is 0.326 e. The maximum Gasteiger partial charge on any atom is 0.227 e. The van der Waals surface area contributed by atoms with Crippen molar-refractivity contribution in [1.82, 2.24) is 0 Å². The van der Waals surface area contributed by atoms with Crippen molar-refractivity contribution in [1.29, 1.82) is 0 Å². The van der Waals surface area contributed by atoms with Crippen LogP contribution in [-0.2, 0) is 4.79 Å². The van der Waals surface area contributed by atoms with Crippen molar-refractivity contribution in [2.75, 3.05) is 5.32 Å². The highest BCUT2D eigenvalue weighted by molar-refractivity contribution is 9.10. The summed E-state index contributed by atoms with van der Waals surface area (Å²) in [6.07, 6.45) is 7.08. The number of aryl methyl sites for hydroxylation is 1. The molecule has 0 saturated carbocycles. The normalized spacial score (nSPS) is 19.1. The molecular weight excluding hydrogens is 278 g/mol. The van der Waals surface area contributed by atoms with Gasteiger partial charge in [0.25, 0.3) is 0 Å². The Hall–Kier alpha value is -1.09. The summed E-state index contributed by atoms with van der Waals surface area (Å²) in [6, 6.07) is 5.90. The average Bonchev–Trinajstić information content (AvgIpc) is 2.34. The van der Waals surface area contributed by atoms with E-state index in [9.17, 15) is 4.79 Å². The van der Waals surface area contributed by atoms with Crippen LogP contribution in [0, 0.1) is 12.8 Å². The highest BCUT2D eigenvalue weighted by atomic mass is 79.9. The zero-order valence-corrected chi connectivity index (χ0v) is 11.5. The minimum Gasteiger partial charge on any atom is -0.326 e. The molecule has 17 heavy (non-hydrogen) atoms. The Labute approximate surface area is 110 Å². The molecule has 0 bridgehead atoms. The molecule has 1 aromatic carbocycles. The van der Waals surface area contributed by atoms with E-state index in [1.807, 2.05) is 25.1 Å². The predicted molar refractivity (Wildman–Crippen MR) is 74.0 cm³/mol. The van der Waals surface area contributed by atoms with E-state index in [-0.39, 0.29) is 11.8 Å². The van der Waals surface area contributed by atoms with Crippen LogP contribution in [0.15, 0.2) is 34.8 Å². The number of rotatable bonds is 2. The summed E-state index contributed by atoms with van der Waals surface area (Å²) in [5.74, 6) is 0.266. The SMILES string of the molecule is Cc1cc(Br)ccc1NC(=O)C1CC=CCC1. The average molecular weight is 294 g/mol. The molecule has 0 heterocycles. The zero-order valence-electron chi connectivity index (χ0n) is 9.87. The maximum atomic E-state index is 12.0. The Bertz CT molecular complexity index is 454. The van der Waals surface area contributed by atoms with E-state index in [2.05, 4.69) is 33.4 Å². The molecule has 2 nitrogen and oxygen atoms in total. The minimum absolute atomic E-state index is 0.128. The Morgan fingerprint density at radius 1 is 1.41 bits per heavy atom. The van der Waals surface area contributed by atoms with E-state index in [4.69, 9.17) is 0 Å². The standard InChI is InChI=1S/C14H16BrNO/c1-10-9-12(15)7-8-13(10)16-14(17)11-5-3-2-4-6-11/h2-3,7-9,11H,4-6H2,1H3,(H,16,17). The molecule has 1 N–H and O–H groups in total. The first-order chi connectivity index (χ1) is 8.16. The van der Waals surface area contributed by atoms with E-state index in [1.165, 1.54) is 0 Å². The number of benzene rings is 1. The summed E-state index contributed by atoms with van der Waals surface area (Å²) in [6.45, 7) is 2.00. The van der Waals surface area contributed by atoms with Gasteiger partial charge in [-0.25, -0.2) is 0 Å². The number of allylic oxidation sites excluding steroid dienone is 2. The fourth-order valence-electron chi connectivity index (χ4n) is 2.03. The lowest BCUT2D eigenvalue weighted by Gasteiger charge is -2.18. The van der Waals surface area contributed by atoms with Crippen LogP contribution >= 0.6 is 15.9 Å². The quantitative estimate of drug-likeness (QED) is 0.819. The number of amides is 1. The van der Waals surface area contributed by atoms with Gasteiger partial charge in [-0.1, -0.05) is 28.1 Å². The third-order valence-electron chi connectivity index (χ3n) is 3.09. The first kappa shape index (κ1) is 12.4. The van der Waals surface area contributed by atoms with Gasteiger partial charge in [0.2, 0.25) is 5.91 Å². The Morgan fingerprint density at radius 2 is 2.24 bits per heavy atom. The highest BCUT2D eigenvalue weighted by Gasteiger charge is 2.18. The van der Waals surface area contributed by atoms with Crippen LogP contribution in [0.5, 0.6) is 0 Å². The number of carbonyl (C=O) groups excluding carboxylic acids is 1. The second kappa shape index (κ2) is 5.50. The molecule has 0 radical (unpaired) electrons. The summed E-state index contributed by atoms with van der Waals surface area (Å²) in [7, 11) is 0. The van der Waals surface area contributed by atoms with Gasteiger partial charge in [0, 0.05) is 16.1 Å². The number of hydrogen-bond donors (Lipinski definition) is 1. The molecule has 1 aliphatic carbocycles. The molecule has 0 spiro atoms. The third-order valence-corrected chi connectivity index (χ3v) is 3.58. The van der Waals surface area contributed by atoms with Crippen molar-refractivity contribution in [2.45, 2.75) is 26.2 Å². The highest BCUT2D eigenvalue weighted by Crippen LogP contribution is 2.23. The van der Waals surface area contributed by atoms with Crippen LogP contribution in [0.2, 0.25) is 0 Å². The van der Waals surface area contributed by atoms with Crippen LogP contribution in [-0.4, -0.2) is 5.91 Å². The van der Waals surface area contributed by atoms with Crippen LogP contribution in [0.3, 0.4) is 0 Å². The number of halogens is 1. The van der Waals surface area contributed by atoms with Gasteiger partial charge in [-0.2, -0.15) is 0 Å². The maximum absolute atomic E-state index is 12.0. The lowest BCUT2D eigenvalue weighted by Crippen LogP contribution is -2.23. The molecule has 1 atom stereocenters. The molecular formula is C14H16BrNO. The van der Waals surface area contributed by atoms with Gasteiger partial charge in [-0.05, 0) is 49.9 Å². The lowest BCUT2D eigenvalue weighted by molar-refractivity contribution is -0.120. The van der Waals surface area contributed by atoms with Crippen molar-refractivity contribution in [3.63, 3.8) is 0 Å². The number of nitrogens with one attached hydrogen (secondary N) is 1. The van der Waals surface area contributed by atoms with Gasteiger partial charge in [0.1, 0.15) is 0 Å².